The summed E-state index contributed by atoms with van der Waals surface area (Å²) in [7, 11) is -2.79. The first-order valence-electron chi connectivity index (χ1n) is 8.85. The Hall–Kier alpha value is -0.0900. The van der Waals surface area contributed by atoms with Crippen LogP contribution < -0.4 is 5.32 Å². The molecule has 0 heterocycles. The zero-order chi connectivity index (χ0) is 15.7. The van der Waals surface area contributed by atoms with Crippen LogP contribution in [0.15, 0.2) is 0 Å². The van der Waals surface area contributed by atoms with Gasteiger partial charge in [-0.05, 0) is 50.1 Å². The summed E-state index contributed by atoms with van der Waals surface area (Å²) in [5, 5.41) is 3.61. The minimum absolute atomic E-state index is 0.289. The highest BCUT2D eigenvalue weighted by Crippen LogP contribution is 2.31. The van der Waals surface area contributed by atoms with E-state index < -0.39 is 9.84 Å². The molecule has 0 saturated heterocycles. The van der Waals surface area contributed by atoms with Crippen LogP contribution in [-0.2, 0) is 9.84 Å². The van der Waals surface area contributed by atoms with E-state index in [1.165, 1.54) is 32.1 Å². The molecule has 0 aromatic heterocycles. The number of rotatable bonds is 9. The van der Waals surface area contributed by atoms with E-state index in [0.29, 0.717) is 11.7 Å². The molecule has 1 rings (SSSR count). The summed E-state index contributed by atoms with van der Waals surface area (Å²) in [5.74, 6) is 2.84. The van der Waals surface area contributed by atoms with Gasteiger partial charge in [-0.1, -0.05) is 46.5 Å². The minimum Gasteiger partial charge on any atom is -0.316 e. The highest BCUT2D eigenvalue weighted by atomic mass is 32.2. The van der Waals surface area contributed by atoms with Gasteiger partial charge < -0.3 is 5.32 Å². The van der Waals surface area contributed by atoms with Crippen LogP contribution in [0.3, 0.4) is 0 Å². The fourth-order valence-electron chi connectivity index (χ4n) is 3.38. The molecule has 1 N–H and O–H groups in total. The summed E-state index contributed by atoms with van der Waals surface area (Å²) in [6, 6.07) is 0. The number of hydrogen-bond donors (Lipinski definition) is 1. The van der Waals surface area contributed by atoms with Crippen LogP contribution in [0.5, 0.6) is 0 Å². The average Bonchev–Trinajstić information content (AvgIpc) is 2.64. The van der Waals surface area contributed by atoms with Gasteiger partial charge in [0.25, 0.3) is 0 Å². The summed E-state index contributed by atoms with van der Waals surface area (Å²) in [6.07, 6.45) is 8.57. The second kappa shape index (κ2) is 9.83. The Labute approximate surface area is 132 Å². The minimum atomic E-state index is -2.79. The molecule has 0 amide bonds. The standard InChI is InChI=1S/C17H35NO2S/c1-4-21(19,20)12-8-11-16-9-6-5-7-10-17(16)14-18-13-15(2)3/h15-18H,4-14H2,1-3H3. The van der Waals surface area contributed by atoms with E-state index in [1.54, 1.807) is 6.92 Å². The van der Waals surface area contributed by atoms with Crippen molar-refractivity contribution >= 4 is 9.84 Å². The molecule has 126 valence electrons. The number of nitrogens with one attached hydrogen (secondary N) is 1. The number of sulfone groups is 1. The fraction of sp³-hybridized carbons (Fsp3) is 1.00. The van der Waals surface area contributed by atoms with Crippen molar-refractivity contribution in [1.29, 1.82) is 0 Å². The van der Waals surface area contributed by atoms with Crippen molar-refractivity contribution in [1.82, 2.24) is 5.32 Å². The Morgan fingerprint density at radius 2 is 1.76 bits per heavy atom. The molecule has 3 nitrogen and oxygen atoms in total. The van der Waals surface area contributed by atoms with Gasteiger partial charge in [0.2, 0.25) is 0 Å². The van der Waals surface area contributed by atoms with E-state index in [4.69, 9.17) is 0 Å². The lowest BCUT2D eigenvalue weighted by Crippen LogP contribution is -2.30. The van der Waals surface area contributed by atoms with Crippen molar-refractivity contribution in [3.63, 3.8) is 0 Å². The fourth-order valence-corrected chi connectivity index (χ4v) is 4.27. The molecule has 1 saturated carbocycles. The third kappa shape index (κ3) is 8.20. The molecule has 0 spiro atoms. The first-order chi connectivity index (χ1) is 9.94. The van der Waals surface area contributed by atoms with Crippen LogP contribution >= 0.6 is 0 Å². The lowest BCUT2D eigenvalue weighted by molar-refractivity contribution is 0.278. The second-order valence-electron chi connectivity index (χ2n) is 7.09. The topological polar surface area (TPSA) is 46.2 Å². The van der Waals surface area contributed by atoms with Crippen molar-refractivity contribution < 1.29 is 8.42 Å². The molecule has 0 bridgehead atoms. The van der Waals surface area contributed by atoms with Crippen molar-refractivity contribution in [2.24, 2.45) is 17.8 Å². The molecule has 1 fully saturated rings. The quantitative estimate of drug-likeness (QED) is 0.660. The zero-order valence-corrected chi connectivity index (χ0v) is 15.1. The van der Waals surface area contributed by atoms with Gasteiger partial charge in [-0.15, -0.1) is 0 Å². The van der Waals surface area contributed by atoms with E-state index in [9.17, 15) is 8.42 Å². The molecule has 2 unspecified atom stereocenters. The van der Waals surface area contributed by atoms with Crippen LogP contribution in [-0.4, -0.2) is 33.0 Å². The third-order valence-corrected chi connectivity index (χ3v) is 6.54. The molecule has 0 aromatic rings. The van der Waals surface area contributed by atoms with E-state index in [2.05, 4.69) is 19.2 Å². The van der Waals surface area contributed by atoms with Gasteiger partial charge in [-0.2, -0.15) is 0 Å². The first kappa shape index (κ1) is 19.0. The summed E-state index contributed by atoms with van der Waals surface area (Å²) in [5.41, 5.74) is 0. The molecule has 1 aliphatic carbocycles. The first-order valence-corrected chi connectivity index (χ1v) is 10.7. The van der Waals surface area contributed by atoms with Crippen molar-refractivity contribution in [3.05, 3.63) is 0 Å². The number of hydrogen-bond acceptors (Lipinski definition) is 3. The second-order valence-corrected chi connectivity index (χ2v) is 9.56. The maximum absolute atomic E-state index is 11.6. The van der Waals surface area contributed by atoms with Crippen molar-refractivity contribution in [3.8, 4) is 0 Å². The summed E-state index contributed by atoms with van der Waals surface area (Å²) >= 11 is 0. The normalized spacial score (nSPS) is 24.2. The molecular weight excluding hydrogens is 282 g/mol. The molecule has 21 heavy (non-hydrogen) atoms. The van der Waals surface area contributed by atoms with Crippen LogP contribution in [0.25, 0.3) is 0 Å². The lowest BCUT2D eigenvalue weighted by Gasteiger charge is -2.26. The van der Waals surface area contributed by atoms with Crippen molar-refractivity contribution in [2.45, 2.75) is 65.7 Å². The van der Waals surface area contributed by atoms with Crippen LogP contribution in [0.4, 0.5) is 0 Å². The van der Waals surface area contributed by atoms with E-state index in [-0.39, 0.29) is 5.75 Å². The predicted molar refractivity (Wildman–Crippen MR) is 91.3 cm³/mol. The Morgan fingerprint density at radius 3 is 2.38 bits per heavy atom. The Balaban J connectivity index is 2.41. The van der Waals surface area contributed by atoms with Gasteiger partial charge in [-0.3, -0.25) is 0 Å². The molecule has 2 atom stereocenters. The average molecular weight is 318 g/mol. The third-order valence-electron chi connectivity index (χ3n) is 4.75. The van der Waals surface area contributed by atoms with Crippen LogP contribution in [0.1, 0.15) is 65.7 Å². The maximum Gasteiger partial charge on any atom is 0.150 e. The Bertz CT molecular complexity index is 365. The maximum atomic E-state index is 11.6. The smallest absolute Gasteiger partial charge is 0.150 e. The lowest BCUT2D eigenvalue weighted by atomic mass is 9.84. The van der Waals surface area contributed by atoms with Crippen LogP contribution in [0, 0.1) is 17.8 Å². The summed E-state index contributed by atoms with van der Waals surface area (Å²) in [6.45, 7) is 8.44. The summed E-state index contributed by atoms with van der Waals surface area (Å²) in [4.78, 5) is 0. The Morgan fingerprint density at radius 1 is 1.10 bits per heavy atom. The van der Waals surface area contributed by atoms with E-state index in [1.807, 2.05) is 0 Å². The van der Waals surface area contributed by atoms with Crippen LogP contribution in [0.2, 0.25) is 0 Å². The molecule has 1 aliphatic rings. The molecule has 4 heteroatoms. The van der Waals surface area contributed by atoms with Gasteiger partial charge in [0.05, 0.1) is 5.75 Å². The highest BCUT2D eigenvalue weighted by Gasteiger charge is 2.23. The molecule has 0 aromatic carbocycles. The Kier molecular flexibility index (Phi) is 8.88. The highest BCUT2D eigenvalue weighted by molar-refractivity contribution is 7.91. The predicted octanol–water partition coefficient (Wildman–Crippen LogP) is 3.64. The SMILES string of the molecule is CCS(=O)(=O)CCCC1CCCCCC1CNCC(C)C. The largest absolute Gasteiger partial charge is 0.316 e. The monoisotopic (exact) mass is 317 g/mol. The van der Waals surface area contributed by atoms with E-state index in [0.717, 1.165) is 37.8 Å². The van der Waals surface area contributed by atoms with Gasteiger partial charge in [0.15, 0.2) is 0 Å². The van der Waals surface area contributed by atoms with Crippen molar-refractivity contribution in [2.75, 3.05) is 24.6 Å². The van der Waals surface area contributed by atoms with Gasteiger partial charge >= 0.3 is 0 Å². The van der Waals surface area contributed by atoms with Gasteiger partial charge in [0, 0.05) is 5.75 Å². The summed E-state index contributed by atoms with van der Waals surface area (Å²) < 4.78 is 23.3. The van der Waals surface area contributed by atoms with Gasteiger partial charge in [-0.25, -0.2) is 8.42 Å². The molecular formula is C17H35NO2S. The van der Waals surface area contributed by atoms with E-state index >= 15 is 0 Å². The molecule has 0 radical (unpaired) electrons. The van der Waals surface area contributed by atoms with Gasteiger partial charge in [0.1, 0.15) is 9.84 Å². The zero-order valence-electron chi connectivity index (χ0n) is 14.2. The molecule has 0 aliphatic heterocycles.